The lowest BCUT2D eigenvalue weighted by Crippen LogP contribution is -2.10. The molecule has 0 fully saturated rings. The van der Waals surface area contributed by atoms with Crippen molar-refractivity contribution in [3.05, 3.63) is 29.0 Å². The van der Waals surface area contributed by atoms with Gasteiger partial charge >= 0.3 is 0 Å². The summed E-state index contributed by atoms with van der Waals surface area (Å²) in [5.74, 6) is 0. The maximum Gasteiger partial charge on any atom is 0.0621 e. The summed E-state index contributed by atoms with van der Waals surface area (Å²) in [7, 11) is 0. The molecule has 0 bridgehead atoms. The first-order valence-corrected chi connectivity index (χ1v) is 4.46. The molecular formula is C10H14ClN. The largest absolute Gasteiger partial charge is 0.260 e. The average molecular weight is 184 g/mol. The molecule has 1 heterocycles. The predicted molar refractivity (Wildman–Crippen MR) is 52.4 cm³/mol. The summed E-state index contributed by atoms with van der Waals surface area (Å²) in [5, 5.41) is 0.771. The zero-order valence-corrected chi connectivity index (χ0v) is 8.52. The summed E-state index contributed by atoms with van der Waals surface area (Å²) < 4.78 is 0. The van der Waals surface area contributed by atoms with Crippen LogP contribution in [-0.2, 0) is 6.42 Å². The lowest BCUT2D eigenvalue weighted by molar-refractivity contribution is 0.406. The van der Waals surface area contributed by atoms with E-state index in [1.165, 1.54) is 0 Å². The van der Waals surface area contributed by atoms with Crippen LogP contribution < -0.4 is 0 Å². The first-order chi connectivity index (χ1) is 5.49. The molecule has 0 aliphatic rings. The Kier molecular flexibility index (Phi) is 2.73. The topological polar surface area (TPSA) is 12.9 Å². The van der Waals surface area contributed by atoms with Crippen LogP contribution in [0.5, 0.6) is 0 Å². The van der Waals surface area contributed by atoms with Crippen LogP contribution in [0.3, 0.4) is 0 Å². The molecule has 1 nitrogen and oxygen atoms in total. The third-order valence-corrected chi connectivity index (χ3v) is 1.88. The van der Waals surface area contributed by atoms with Crippen LogP contribution in [0.4, 0.5) is 0 Å². The molecule has 2 heteroatoms. The fraction of sp³-hybridized carbons (Fsp3) is 0.500. The molecule has 0 radical (unpaired) electrons. The molecule has 0 aliphatic carbocycles. The molecule has 0 saturated heterocycles. The molecule has 0 N–H and O–H groups in total. The van der Waals surface area contributed by atoms with Gasteiger partial charge in [-0.2, -0.15) is 0 Å². The zero-order chi connectivity index (χ0) is 9.19. The lowest BCUT2D eigenvalue weighted by Gasteiger charge is -2.17. The normalized spacial score (nSPS) is 11.7. The van der Waals surface area contributed by atoms with Gasteiger partial charge in [0.25, 0.3) is 0 Å². The van der Waals surface area contributed by atoms with Crippen molar-refractivity contribution in [2.24, 2.45) is 5.41 Å². The standard InChI is InChI=1S/C10H14ClN/c1-10(2,3)7-9-8(11)5-4-6-12-9/h4-6H,7H2,1-3H3. The monoisotopic (exact) mass is 183 g/mol. The van der Waals surface area contributed by atoms with Crippen molar-refractivity contribution in [1.29, 1.82) is 0 Å². The quantitative estimate of drug-likeness (QED) is 0.651. The Morgan fingerprint density at radius 1 is 1.42 bits per heavy atom. The van der Waals surface area contributed by atoms with E-state index in [1.54, 1.807) is 6.20 Å². The number of aromatic nitrogens is 1. The molecular weight excluding hydrogens is 170 g/mol. The second-order valence-corrected chi connectivity index (χ2v) is 4.58. The summed E-state index contributed by atoms with van der Waals surface area (Å²) in [6.45, 7) is 6.54. The fourth-order valence-corrected chi connectivity index (χ4v) is 1.24. The van der Waals surface area contributed by atoms with Gasteiger partial charge < -0.3 is 0 Å². The third-order valence-electron chi connectivity index (χ3n) is 1.53. The van der Waals surface area contributed by atoms with Gasteiger partial charge in [-0.3, -0.25) is 4.98 Å². The maximum absolute atomic E-state index is 5.97. The minimum Gasteiger partial charge on any atom is -0.260 e. The number of nitrogens with zero attached hydrogens (tertiary/aromatic N) is 1. The first kappa shape index (κ1) is 9.53. The van der Waals surface area contributed by atoms with Crippen LogP contribution in [0.1, 0.15) is 26.5 Å². The summed E-state index contributed by atoms with van der Waals surface area (Å²) in [6.07, 6.45) is 2.71. The van der Waals surface area contributed by atoms with Crippen molar-refractivity contribution in [3.63, 3.8) is 0 Å². The second-order valence-electron chi connectivity index (χ2n) is 4.17. The Labute approximate surface area is 78.8 Å². The highest BCUT2D eigenvalue weighted by molar-refractivity contribution is 6.31. The highest BCUT2D eigenvalue weighted by Crippen LogP contribution is 2.23. The van der Waals surface area contributed by atoms with Crippen LogP contribution in [0.2, 0.25) is 5.02 Å². The van der Waals surface area contributed by atoms with Gasteiger partial charge in [0.05, 0.1) is 10.7 Å². The van der Waals surface area contributed by atoms with Crippen LogP contribution in [0, 0.1) is 5.41 Å². The van der Waals surface area contributed by atoms with Gasteiger partial charge in [-0.15, -0.1) is 0 Å². The van der Waals surface area contributed by atoms with Crippen LogP contribution >= 0.6 is 11.6 Å². The molecule has 0 saturated carbocycles. The van der Waals surface area contributed by atoms with E-state index >= 15 is 0 Å². The van der Waals surface area contributed by atoms with Crippen molar-refractivity contribution in [1.82, 2.24) is 4.98 Å². The fourth-order valence-electron chi connectivity index (χ4n) is 1.05. The van der Waals surface area contributed by atoms with E-state index in [4.69, 9.17) is 11.6 Å². The number of hydrogen-bond donors (Lipinski definition) is 0. The molecule has 0 atom stereocenters. The van der Waals surface area contributed by atoms with Crippen molar-refractivity contribution < 1.29 is 0 Å². The maximum atomic E-state index is 5.97. The van der Waals surface area contributed by atoms with Gasteiger partial charge in [-0.1, -0.05) is 32.4 Å². The number of rotatable bonds is 1. The smallest absolute Gasteiger partial charge is 0.0621 e. The molecule has 0 aromatic carbocycles. The Hall–Kier alpha value is -0.560. The predicted octanol–water partition coefficient (Wildman–Crippen LogP) is 3.32. The summed E-state index contributed by atoms with van der Waals surface area (Å²) in [6, 6.07) is 3.74. The highest BCUT2D eigenvalue weighted by Gasteiger charge is 2.13. The van der Waals surface area contributed by atoms with E-state index in [0.717, 1.165) is 17.1 Å². The van der Waals surface area contributed by atoms with Crippen molar-refractivity contribution >= 4 is 11.6 Å². The summed E-state index contributed by atoms with van der Waals surface area (Å²) >= 11 is 5.97. The number of halogens is 1. The molecule has 0 unspecified atom stereocenters. The Balaban J connectivity index is 2.83. The zero-order valence-electron chi connectivity index (χ0n) is 7.76. The molecule has 1 aromatic rings. The Morgan fingerprint density at radius 3 is 2.58 bits per heavy atom. The second kappa shape index (κ2) is 3.44. The van der Waals surface area contributed by atoms with E-state index in [1.807, 2.05) is 12.1 Å². The number of pyridine rings is 1. The van der Waals surface area contributed by atoms with Gasteiger partial charge in [0.15, 0.2) is 0 Å². The first-order valence-electron chi connectivity index (χ1n) is 4.08. The van der Waals surface area contributed by atoms with Crippen molar-refractivity contribution in [3.8, 4) is 0 Å². The van der Waals surface area contributed by atoms with Crippen molar-refractivity contribution in [2.45, 2.75) is 27.2 Å². The van der Waals surface area contributed by atoms with Gasteiger partial charge in [0, 0.05) is 6.20 Å². The molecule has 0 aliphatic heterocycles. The molecule has 0 spiro atoms. The van der Waals surface area contributed by atoms with E-state index in [9.17, 15) is 0 Å². The van der Waals surface area contributed by atoms with Crippen LogP contribution in [0.25, 0.3) is 0 Å². The minimum absolute atomic E-state index is 0.248. The Morgan fingerprint density at radius 2 is 2.08 bits per heavy atom. The van der Waals surface area contributed by atoms with Crippen LogP contribution in [-0.4, -0.2) is 4.98 Å². The lowest BCUT2D eigenvalue weighted by atomic mass is 9.90. The molecule has 0 amide bonds. The van der Waals surface area contributed by atoms with Crippen LogP contribution in [0.15, 0.2) is 18.3 Å². The summed E-state index contributed by atoms with van der Waals surface area (Å²) in [5.41, 5.74) is 1.24. The van der Waals surface area contributed by atoms with Crippen molar-refractivity contribution in [2.75, 3.05) is 0 Å². The van der Waals surface area contributed by atoms with E-state index in [-0.39, 0.29) is 5.41 Å². The molecule has 12 heavy (non-hydrogen) atoms. The average Bonchev–Trinajstić information content (AvgIpc) is 1.91. The van der Waals surface area contributed by atoms with Gasteiger partial charge in [0.1, 0.15) is 0 Å². The minimum atomic E-state index is 0.248. The van der Waals surface area contributed by atoms with E-state index in [0.29, 0.717) is 0 Å². The van der Waals surface area contributed by atoms with E-state index in [2.05, 4.69) is 25.8 Å². The summed E-state index contributed by atoms with van der Waals surface area (Å²) in [4.78, 5) is 4.23. The molecule has 1 aromatic heterocycles. The number of hydrogen-bond acceptors (Lipinski definition) is 1. The third kappa shape index (κ3) is 2.82. The Bertz CT molecular complexity index is 263. The SMILES string of the molecule is CC(C)(C)Cc1ncccc1Cl. The highest BCUT2D eigenvalue weighted by atomic mass is 35.5. The molecule has 1 rings (SSSR count). The van der Waals surface area contributed by atoms with E-state index < -0.39 is 0 Å². The van der Waals surface area contributed by atoms with Gasteiger partial charge in [0.2, 0.25) is 0 Å². The van der Waals surface area contributed by atoms with Gasteiger partial charge in [-0.25, -0.2) is 0 Å². The van der Waals surface area contributed by atoms with Gasteiger partial charge in [-0.05, 0) is 24.0 Å². The molecule has 66 valence electrons.